The fourth-order valence-electron chi connectivity index (χ4n) is 3.19. The molecule has 2 rings (SSSR count). The van der Waals surface area contributed by atoms with Gasteiger partial charge in [-0.3, -0.25) is 9.69 Å². The molecule has 1 aliphatic rings. The van der Waals surface area contributed by atoms with Gasteiger partial charge in [0.15, 0.2) is 5.75 Å². The second-order valence-electron chi connectivity index (χ2n) is 6.12. The number of unbranched alkanes of at least 4 members (excludes halogenated alkanes) is 1. The molecular weight excluding hydrogens is 290 g/mol. The summed E-state index contributed by atoms with van der Waals surface area (Å²) in [6.07, 6.45) is 1.72. The van der Waals surface area contributed by atoms with E-state index in [1.54, 1.807) is 9.47 Å². The maximum Gasteiger partial charge on any atom is 0.254 e. The fraction of sp³-hybridized carbons (Fsp3) is 0.688. The van der Waals surface area contributed by atoms with Gasteiger partial charge in [0.1, 0.15) is 0 Å². The Morgan fingerprint density at radius 3 is 2.73 bits per heavy atom. The van der Waals surface area contributed by atoms with E-state index >= 15 is 0 Å². The lowest BCUT2D eigenvalue weighted by Gasteiger charge is -2.38. The van der Waals surface area contributed by atoms with Crippen molar-refractivity contribution in [3.05, 3.63) is 28.2 Å². The predicted molar refractivity (Wildman–Crippen MR) is 81.3 cm³/mol. The number of aromatic hydroxyl groups is 1. The van der Waals surface area contributed by atoms with Gasteiger partial charge >= 0.3 is 0 Å². The van der Waals surface area contributed by atoms with E-state index in [1.807, 2.05) is 6.92 Å². The average molecular weight is 314 g/mol. The monoisotopic (exact) mass is 314 g/mol. The summed E-state index contributed by atoms with van der Waals surface area (Å²) in [5.41, 5.74) is 0.225. The van der Waals surface area contributed by atoms with Crippen LogP contribution < -0.4 is 5.43 Å². The van der Waals surface area contributed by atoms with Crippen LogP contribution in [0.1, 0.15) is 38.8 Å². The molecule has 0 saturated carbocycles. The Morgan fingerprint density at radius 1 is 1.36 bits per heavy atom. The van der Waals surface area contributed by atoms with Crippen LogP contribution >= 0.6 is 0 Å². The summed E-state index contributed by atoms with van der Waals surface area (Å²) in [6, 6.07) is 0.560. The highest BCUT2D eigenvalue weighted by Crippen LogP contribution is 2.26. The standard InChI is InChI=1S/C16H24F2N2O2/c1-3-4-5-11(2)15(16(17)18)20-7-6-19-10-14(22)13(21)8-12(19)9-20/h8,10-11,15-16,22H,3-7,9H2,1-2H3/t11-,15?/m0/s1. The second-order valence-corrected chi connectivity index (χ2v) is 6.12. The van der Waals surface area contributed by atoms with Gasteiger partial charge in [0.25, 0.3) is 6.43 Å². The number of pyridine rings is 1. The molecule has 1 aromatic rings. The predicted octanol–water partition coefficient (Wildman–Crippen LogP) is 2.83. The lowest BCUT2D eigenvalue weighted by molar-refractivity contribution is -0.0173. The van der Waals surface area contributed by atoms with E-state index < -0.39 is 17.9 Å². The largest absolute Gasteiger partial charge is 0.503 e. The summed E-state index contributed by atoms with van der Waals surface area (Å²) in [5.74, 6) is -0.380. The van der Waals surface area contributed by atoms with Crippen molar-refractivity contribution in [3.8, 4) is 5.75 Å². The number of aromatic nitrogens is 1. The number of hydrogen-bond acceptors (Lipinski definition) is 3. The summed E-state index contributed by atoms with van der Waals surface area (Å²) < 4.78 is 28.8. The molecule has 0 spiro atoms. The molecule has 1 aliphatic heterocycles. The fourth-order valence-corrected chi connectivity index (χ4v) is 3.19. The van der Waals surface area contributed by atoms with Crippen LogP contribution in [0.4, 0.5) is 8.78 Å². The van der Waals surface area contributed by atoms with Crippen LogP contribution in [0.5, 0.6) is 5.75 Å². The number of fused-ring (bicyclic) bond motifs is 1. The molecule has 0 bridgehead atoms. The molecule has 0 amide bonds. The molecule has 6 heteroatoms. The van der Waals surface area contributed by atoms with E-state index in [2.05, 4.69) is 6.92 Å². The zero-order valence-electron chi connectivity index (χ0n) is 13.1. The molecule has 0 aromatic carbocycles. The maximum absolute atomic E-state index is 13.5. The maximum atomic E-state index is 13.5. The third-order valence-corrected chi connectivity index (χ3v) is 4.47. The Labute approximate surface area is 129 Å². The minimum Gasteiger partial charge on any atom is -0.503 e. The van der Waals surface area contributed by atoms with Crippen LogP contribution in [0.15, 0.2) is 17.1 Å². The van der Waals surface area contributed by atoms with Crippen molar-refractivity contribution in [3.63, 3.8) is 0 Å². The van der Waals surface area contributed by atoms with Gasteiger partial charge in [-0.1, -0.05) is 26.7 Å². The lowest BCUT2D eigenvalue weighted by atomic mass is 9.94. The quantitative estimate of drug-likeness (QED) is 0.878. The van der Waals surface area contributed by atoms with Crippen LogP contribution in [0.2, 0.25) is 0 Å². The van der Waals surface area contributed by atoms with E-state index in [0.29, 0.717) is 25.3 Å². The molecule has 0 aliphatic carbocycles. The summed E-state index contributed by atoms with van der Waals surface area (Å²) in [4.78, 5) is 13.3. The van der Waals surface area contributed by atoms with Crippen LogP contribution in [-0.2, 0) is 13.1 Å². The zero-order valence-corrected chi connectivity index (χ0v) is 13.1. The van der Waals surface area contributed by atoms with Crippen LogP contribution in [0.3, 0.4) is 0 Å². The van der Waals surface area contributed by atoms with Gasteiger partial charge in [-0.05, 0) is 12.3 Å². The molecule has 2 heterocycles. The van der Waals surface area contributed by atoms with Gasteiger partial charge < -0.3 is 9.67 Å². The van der Waals surface area contributed by atoms with Gasteiger partial charge in [-0.25, -0.2) is 8.78 Å². The molecule has 1 aromatic heterocycles. The Morgan fingerprint density at radius 2 is 2.09 bits per heavy atom. The van der Waals surface area contributed by atoms with Crippen molar-refractivity contribution in [2.45, 2.75) is 58.7 Å². The summed E-state index contributed by atoms with van der Waals surface area (Å²) in [5, 5.41) is 9.46. The number of halogens is 2. The van der Waals surface area contributed by atoms with Crippen molar-refractivity contribution in [2.75, 3.05) is 6.54 Å². The van der Waals surface area contributed by atoms with Crippen molar-refractivity contribution in [1.29, 1.82) is 0 Å². The first-order valence-electron chi connectivity index (χ1n) is 7.88. The zero-order chi connectivity index (χ0) is 16.3. The highest BCUT2D eigenvalue weighted by molar-refractivity contribution is 5.21. The average Bonchev–Trinajstić information content (AvgIpc) is 2.46. The minimum absolute atomic E-state index is 0.0877. The van der Waals surface area contributed by atoms with Crippen LogP contribution in [0, 0.1) is 5.92 Å². The molecule has 0 radical (unpaired) electrons. The van der Waals surface area contributed by atoms with Crippen LogP contribution in [-0.4, -0.2) is 33.6 Å². The molecule has 1 N–H and O–H groups in total. The Bertz CT molecular complexity index is 560. The number of nitrogens with zero attached hydrogens (tertiary/aromatic N) is 2. The third kappa shape index (κ3) is 3.66. The van der Waals surface area contributed by atoms with Gasteiger partial charge in [0, 0.05) is 31.4 Å². The molecule has 0 fully saturated rings. The van der Waals surface area contributed by atoms with E-state index in [1.165, 1.54) is 12.3 Å². The van der Waals surface area contributed by atoms with Crippen molar-refractivity contribution in [2.24, 2.45) is 5.92 Å². The van der Waals surface area contributed by atoms with Gasteiger partial charge in [-0.2, -0.15) is 0 Å². The van der Waals surface area contributed by atoms with Crippen molar-refractivity contribution < 1.29 is 13.9 Å². The van der Waals surface area contributed by atoms with Gasteiger partial charge in [0.2, 0.25) is 5.43 Å². The molecule has 1 unspecified atom stereocenters. The Balaban J connectivity index is 2.17. The molecule has 4 nitrogen and oxygen atoms in total. The van der Waals surface area contributed by atoms with Crippen molar-refractivity contribution >= 4 is 0 Å². The minimum atomic E-state index is -2.40. The molecule has 0 saturated heterocycles. The summed E-state index contributed by atoms with van der Waals surface area (Å²) >= 11 is 0. The first kappa shape index (κ1) is 16.9. The molecule has 2 atom stereocenters. The SMILES string of the molecule is CCCC[C@H](C)C(C(F)F)N1CCn2cc(O)c(=O)cc2C1. The molecule has 124 valence electrons. The van der Waals surface area contributed by atoms with E-state index in [-0.39, 0.29) is 11.7 Å². The van der Waals surface area contributed by atoms with Gasteiger partial charge in [0.05, 0.1) is 12.2 Å². The van der Waals surface area contributed by atoms with E-state index in [0.717, 1.165) is 19.3 Å². The van der Waals surface area contributed by atoms with Crippen LogP contribution in [0.25, 0.3) is 0 Å². The highest BCUT2D eigenvalue weighted by atomic mass is 19.3. The van der Waals surface area contributed by atoms with Gasteiger partial charge in [-0.15, -0.1) is 0 Å². The molecule has 22 heavy (non-hydrogen) atoms. The van der Waals surface area contributed by atoms with E-state index in [4.69, 9.17) is 0 Å². The number of alkyl halides is 2. The van der Waals surface area contributed by atoms with Crippen molar-refractivity contribution in [1.82, 2.24) is 9.47 Å². The normalized spacial score (nSPS) is 18.2. The number of rotatable bonds is 6. The highest BCUT2D eigenvalue weighted by Gasteiger charge is 2.34. The first-order chi connectivity index (χ1) is 10.4. The first-order valence-corrected chi connectivity index (χ1v) is 7.88. The second kappa shape index (κ2) is 7.22. The third-order valence-electron chi connectivity index (χ3n) is 4.47. The summed E-state index contributed by atoms with van der Waals surface area (Å²) in [7, 11) is 0. The smallest absolute Gasteiger partial charge is 0.254 e. The Kier molecular flexibility index (Phi) is 5.56. The topological polar surface area (TPSA) is 45.5 Å². The van der Waals surface area contributed by atoms with E-state index in [9.17, 15) is 18.7 Å². The Hall–Kier alpha value is -1.43. The summed E-state index contributed by atoms with van der Waals surface area (Å²) in [6.45, 7) is 5.26. The lowest BCUT2D eigenvalue weighted by Crippen LogP contribution is -2.48. The molecular formula is C16H24F2N2O2. The number of hydrogen-bond donors (Lipinski definition) is 1.